The summed E-state index contributed by atoms with van der Waals surface area (Å²) in [7, 11) is 1.57. The van der Waals surface area contributed by atoms with Crippen molar-refractivity contribution in [3.63, 3.8) is 0 Å². The van der Waals surface area contributed by atoms with Gasteiger partial charge in [-0.1, -0.05) is 60.7 Å². The van der Waals surface area contributed by atoms with Crippen LogP contribution in [0, 0.1) is 17.8 Å². The summed E-state index contributed by atoms with van der Waals surface area (Å²) < 4.78 is 16.7. The van der Waals surface area contributed by atoms with E-state index >= 15 is 0 Å². The largest absolute Gasteiger partial charge is 0.481 e. The Morgan fingerprint density at radius 2 is 1.69 bits per heavy atom. The van der Waals surface area contributed by atoms with Crippen LogP contribution in [0.4, 0.5) is 4.79 Å². The van der Waals surface area contributed by atoms with E-state index in [0.29, 0.717) is 25.9 Å². The second-order valence-electron chi connectivity index (χ2n) is 9.16. The third-order valence-electron chi connectivity index (χ3n) is 6.85. The monoisotopic (exact) mass is 483 g/mol. The number of carboxylic acids is 1. The van der Waals surface area contributed by atoms with E-state index in [1.54, 1.807) is 12.0 Å². The SMILES string of the molecule is CCN(C[C@@H]1CC[C@@H](C(Cc2ccccc2)C(=O)O)C[C@H]1OCOC)C(=O)OCc1ccccc1. The minimum absolute atomic E-state index is 0.00841. The number of amides is 1. The first-order chi connectivity index (χ1) is 17.0. The molecule has 190 valence electrons. The zero-order valence-electron chi connectivity index (χ0n) is 20.7. The lowest BCUT2D eigenvalue weighted by atomic mass is 9.72. The van der Waals surface area contributed by atoms with Gasteiger partial charge in [-0.2, -0.15) is 0 Å². The molecule has 3 rings (SSSR count). The predicted molar refractivity (Wildman–Crippen MR) is 133 cm³/mol. The third-order valence-corrected chi connectivity index (χ3v) is 6.85. The lowest BCUT2D eigenvalue weighted by molar-refractivity contribution is -0.148. The second kappa shape index (κ2) is 13.9. The Bertz CT molecular complexity index is 906. The van der Waals surface area contributed by atoms with E-state index in [1.165, 1.54) is 0 Å². The first kappa shape index (κ1) is 26.7. The Morgan fingerprint density at radius 1 is 1.03 bits per heavy atom. The zero-order valence-corrected chi connectivity index (χ0v) is 20.7. The summed E-state index contributed by atoms with van der Waals surface area (Å²) >= 11 is 0. The van der Waals surface area contributed by atoms with Crippen LogP contribution < -0.4 is 0 Å². The average Bonchev–Trinajstić information content (AvgIpc) is 2.89. The molecule has 0 spiro atoms. The van der Waals surface area contributed by atoms with Crippen molar-refractivity contribution in [3.05, 3.63) is 71.8 Å². The summed E-state index contributed by atoms with van der Waals surface area (Å²) in [5, 5.41) is 9.99. The fourth-order valence-electron chi connectivity index (χ4n) is 4.91. The van der Waals surface area contributed by atoms with Crippen molar-refractivity contribution >= 4 is 12.1 Å². The van der Waals surface area contributed by atoms with E-state index in [1.807, 2.05) is 67.6 Å². The highest BCUT2D eigenvalue weighted by Crippen LogP contribution is 2.37. The minimum Gasteiger partial charge on any atom is -0.481 e. The van der Waals surface area contributed by atoms with Gasteiger partial charge >= 0.3 is 12.1 Å². The Hall–Kier alpha value is -2.90. The van der Waals surface area contributed by atoms with Crippen LogP contribution in [-0.4, -0.2) is 55.2 Å². The molecule has 2 aromatic rings. The van der Waals surface area contributed by atoms with Crippen LogP contribution in [0.5, 0.6) is 0 Å². The number of methoxy groups -OCH3 is 1. The van der Waals surface area contributed by atoms with Crippen LogP contribution in [0.2, 0.25) is 0 Å². The molecule has 0 saturated heterocycles. The molecule has 1 unspecified atom stereocenters. The highest BCUT2D eigenvalue weighted by Gasteiger charge is 2.39. The fourth-order valence-corrected chi connectivity index (χ4v) is 4.91. The number of ether oxygens (including phenoxy) is 3. The van der Waals surface area contributed by atoms with E-state index in [2.05, 4.69) is 0 Å². The first-order valence-corrected chi connectivity index (χ1v) is 12.3. The quantitative estimate of drug-likeness (QED) is 0.428. The van der Waals surface area contributed by atoms with Crippen molar-refractivity contribution in [2.24, 2.45) is 17.8 Å². The summed E-state index contributed by atoms with van der Waals surface area (Å²) in [4.78, 5) is 26.6. The molecule has 0 aromatic heterocycles. The van der Waals surface area contributed by atoms with E-state index in [0.717, 1.165) is 24.0 Å². The highest BCUT2D eigenvalue weighted by atomic mass is 16.7. The maximum Gasteiger partial charge on any atom is 0.410 e. The topological polar surface area (TPSA) is 85.3 Å². The van der Waals surface area contributed by atoms with E-state index in [9.17, 15) is 14.7 Å². The van der Waals surface area contributed by atoms with E-state index in [-0.39, 0.29) is 37.4 Å². The van der Waals surface area contributed by atoms with Crippen LogP contribution in [0.15, 0.2) is 60.7 Å². The molecule has 0 heterocycles. The van der Waals surface area contributed by atoms with Crippen molar-refractivity contribution in [2.45, 2.75) is 45.3 Å². The van der Waals surface area contributed by atoms with Crippen molar-refractivity contribution in [2.75, 3.05) is 27.0 Å². The third kappa shape index (κ3) is 8.08. The van der Waals surface area contributed by atoms with Gasteiger partial charge in [-0.3, -0.25) is 4.79 Å². The molecule has 1 aliphatic rings. The van der Waals surface area contributed by atoms with Gasteiger partial charge in [0.15, 0.2) is 0 Å². The van der Waals surface area contributed by atoms with Crippen molar-refractivity contribution in [1.82, 2.24) is 4.90 Å². The van der Waals surface area contributed by atoms with Crippen LogP contribution in [-0.2, 0) is 32.0 Å². The minimum atomic E-state index is -0.775. The molecule has 1 aliphatic carbocycles. The Morgan fingerprint density at radius 3 is 2.29 bits per heavy atom. The van der Waals surface area contributed by atoms with Crippen LogP contribution in [0.1, 0.15) is 37.3 Å². The Kier molecular flexibility index (Phi) is 10.6. The normalized spacial score (nSPS) is 20.7. The molecule has 4 atom stereocenters. The maximum absolute atomic E-state index is 12.8. The Labute approximate surface area is 208 Å². The van der Waals surface area contributed by atoms with E-state index in [4.69, 9.17) is 14.2 Å². The molecule has 7 heteroatoms. The number of rotatable bonds is 12. The van der Waals surface area contributed by atoms with Gasteiger partial charge < -0.3 is 24.2 Å². The van der Waals surface area contributed by atoms with E-state index < -0.39 is 11.9 Å². The standard InChI is InChI=1S/C28H37NO6/c1-3-29(28(32)34-19-22-12-8-5-9-13-22)18-24-15-14-23(17-26(24)35-20-33-2)25(27(30)31)16-21-10-6-4-7-11-21/h4-13,23-26H,3,14-20H2,1-2H3,(H,30,31)/t23-,24+,25?,26-/m1/s1. The van der Waals surface area contributed by atoms with Gasteiger partial charge in [0.1, 0.15) is 13.4 Å². The number of aliphatic carboxylic acids is 1. The van der Waals surface area contributed by atoms with Crippen molar-refractivity contribution < 1.29 is 28.9 Å². The molecular weight excluding hydrogens is 446 g/mol. The average molecular weight is 484 g/mol. The van der Waals surface area contributed by atoms with Crippen LogP contribution in [0.3, 0.4) is 0 Å². The van der Waals surface area contributed by atoms with Crippen molar-refractivity contribution in [1.29, 1.82) is 0 Å². The second-order valence-corrected chi connectivity index (χ2v) is 9.16. The summed E-state index contributed by atoms with van der Waals surface area (Å²) in [6.45, 7) is 3.32. The molecule has 35 heavy (non-hydrogen) atoms. The number of nitrogens with zero attached hydrogens (tertiary/aromatic N) is 1. The molecule has 1 saturated carbocycles. The summed E-state index contributed by atoms with van der Waals surface area (Å²) in [6, 6.07) is 19.4. The summed E-state index contributed by atoms with van der Waals surface area (Å²) in [5.74, 6) is -1.18. The van der Waals surface area contributed by atoms with Gasteiger partial charge in [0.25, 0.3) is 0 Å². The summed E-state index contributed by atoms with van der Waals surface area (Å²) in [5.41, 5.74) is 1.96. The first-order valence-electron chi connectivity index (χ1n) is 12.3. The predicted octanol–water partition coefficient (Wildman–Crippen LogP) is 4.99. The molecule has 1 N–H and O–H groups in total. The number of carbonyl (C=O) groups excluding carboxylic acids is 1. The lowest BCUT2D eigenvalue weighted by Crippen LogP contribution is -2.44. The molecule has 1 fully saturated rings. The van der Waals surface area contributed by atoms with Gasteiger partial charge in [-0.25, -0.2) is 4.79 Å². The van der Waals surface area contributed by atoms with Gasteiger partial charge in [0, 0.05) is 26.1 Å². The highest BCUT2D eigenvalue weighted by molar-refractivity contribution is 5.71. The lowest BCUT2D eigenvalue weighted by Gasteiger charge is -2.39. The van der Waals surface area contributed by atoms with Crippen molar-refractivity contribution in [3.8, 4) is 0 Å². The molecule has 2 aromatic carbocycles. The molecular formula is C28H37NO6. The van der Waals surface area contributed by atoms with Crippen LogP contribution >= 0.6 is 0 Å². The molecule has 0 aliphatic heterocycles. The molecule has 7 nitrogen and oxygen atoms in total. The smallest absolute Gasteiger partial charge is 0.410 e. The van der Waals surface area contributed by atoms with Gasteiger partial charge in [0.2, 0.25) is 0 Å². The molecule has 1 amide bonds. The number of carboxylic acid groups (broad SMARTS) is 1. The maximum atomic E-state index is 12.8. The molecule has 0 radical (unpaired) electrons. The number of hydrogen-bond donors (Lipinski definition) is 1. The zero-order chi connectivity index (χ0) is 25.0. The number of benzene rings is 2. The fraction of sp³-hybridized carbons (Fsp3) is 0.500. The summed E-state index contributed by atoms with van der Waals surface area (Å²) in [6.07, 6.45) is 2.13. The Balaban J connectivity index is 1.63. The number of hydrogen-bond acceptors (Lipinski definition) is 5. The van der Waals surface area contributed by atoms with Gasteiger partial charge in [-0.15, -0.1) is 0 Å². The number of carbonyl (C=O) groups is 2. The van der Waals surface area contributed by atoms with Gasteiger partial charge in [-0.05, 0) is 49.7 Å². The molecule has 0 bridgehead atoms. The van der Waals surface area contributed by atoms with Gasteiger partial charge in [0.05, 0.1) is 12.0 Å². The van der Waals surface area contributed by atoms with Crippen LogP contribution in [0.25, 0.3) is 0 Å².